The molecule has 0 unspecified atom stereocenters. The molecule has 0 bridgehead atoms. The van der Waals surface area contributed by atoms with E-state index in [4.69, 9.17) is 10.5 Å². The fourth-order valence-corrected chi connectivity index (χ4v) is 3.44. The summed E-state index contributed by atoms with van der Waals surface area (Å²) in [5.74, 6) is 0.365. The molecule has 0 saturated carbocycles. The Bertz CT molecular complexity index is 983. The third-order valence-electron chi connectivity index (χ3n) is 5.14. The number of carbonyl (C=O) groups is 1. The van der Waals surface area contributed by atoms with Crippen LogP contribution in [-0.4, -0.2) is 42.0 Å². The molecule has 1 fully saturated rings. The summed E-state index contributed by atoms with van der Waals surface area (Å²) < 4.78 is 18.8. The van der Waals surface area contributed by atoms with Gasteiger partial charge in [0.2, 0.25) is 11.8 Å². The first kappa shape index (κ1) is 19.8. The maximum atomic E-state index is 13.1. The summed E-state index contributed by atoms with van der Waals surface area (Å²) in [6.45, 7) is 4.60. The second kappa shape index (κ2) is 8.92. The molecule has 2 heterocycles. The number of halogens is 1. The molecule has 1 aromatic heterocycles. The average molecular weight is 406 g/mol. The van der Waals surface area contributed by atoms with Crippen molar-refractivity contribution in [1.29, 1.82) is 0 Å². The quantitative estimate of drug-likeness (QED) is 0.679. The van der Waals surface area contributed by atoms with Crippen LogP contribution in [0.3, 0.4) is 0 Å². The third-order valence-corrected chi connectivity index (χ3v) is 5.14. The third kappa shape index (κ3) is 4.93. The van der Waals surface area contributed by atoms with Crippen molar-refractivity contribution in [1.82, 2.24) is 9.88 Å². The second-order valence-electron chi connectivity index (χ2n) is 7.23. The van der Waals surface area contributed by atoms with E-state index in [1.165, 1.54) is 23.9 Å². The molecule has 1 aliphatic rings. The predicted molar refractivity (Wildman–Crippen MR) is 113 cm³/mol. The van der Waals surface area contributed by atoms with Gasteiger partial charge in [-0.25, -0.2) is 9.37 Å². The van der Waals surface area contributed by atoms with E-state index in [0.717, 1.165) is 38.4 Å². The number of rotatable bonds is 6. The van der Waals surface area contributed by atoms with E-state index >= 15 is 0 Å². The van der Waals surface area contributed by atoms with Crippen LogP contribution in [-0.2, 0) is 6.54 Å². The van der Waals surface area contributed by atoms with Crippen molar-refractivity contribution in [2.24, 2.45) is 5.73 Å². The lowest BCUT2D eigenvalue weighted by atomic mass is 10.2. The number of amides is 1. The van der Waals surface area contributed by atoms with Crippen molar-refractivity contribution in [2.45, 2.75) is 6.54 Å². The Morgan fingerprint density at radius 2 is 1.67 bits per heavy atom. The van der Waals surface area contributed by atoms with E-state index in [1.807, 2.05) is 36.4 Å². The molecular weight excluding hydrogens is 383 g/mol. The highest BCUT2D eigenvalue weighted by molar-refractivity contribution is 5.92. The molecule has 6 nitrogen and oxygen atoms in total. The largest absolute Gasteiger partial charge is 0.439 e. The second-order valence-corrected chi connectivity index (χ2v) is 7.23. The van der Waals surface area contributed by atoms with Gasteiger partial charge in [0.15, 0.2) is 0 Å². The van der Waals surface area contributed by atoms with Crippen LogP contribution < -0.4 is 15.4 Å². The first-order valence-electron chi connectivity index (χ1n) is 9.82. The van der Waals surface area contributed by atoms with E-state index in [1.54, 1.807) is 12.1 Å². The number of aromatic nitrogens is 1. The van der Waals surface area contributed by atoms with Crippen LogP contribution in [0.1, 0.15) is 15.9 Å². The van der Waals surface area contributed by atoms with Gasteiger partial charge in [-0.3, -0.25) is 9.69 Å². The van der Waals surface area contributed by atoms with Crippen molar-refractivity contribution in [2.75, 3.05) is 31.1 Å². The number of benzene rings is 2. The molecule has 30 heavy (non-hydrogen) atoms. The van der Waals surface area contributed by atoms with Crippen molar-refractivity contribution in [3.05, 3.63) is 83.8 Å². The number of primary amides is 1. The van der Waals surface area contributed by atoms with Gasteiger partial charge in [-0.05, 0) is 48.0 Å². The van der Waals surface area contributed by atoms with Crippen LogP contribution in [0.5, 0.6) is 11.6 Å². The normalized spacial score (nSPS) is 14.5. The predicted octanol–water partition coefficient (Wildman–Crippen LogP) is 3.43. The van der Waals surface area contributed by atoms with E-state index < -0.39 is 5.91 Å². The molecule has 2 aromatic carbocycles. The molecule has 1 amide bonds. The number of ether oxygens (including phenoxy) is 1. The maximum absolute atomic E-state index is 13.1. The van der Waals surface area contributed by atoms with Gasteiger partial charge in [0.1, 0.15) is 11.6 Å². The molecule has 4 rings (SSSR count). The lowest BCUT2D eigenvalue weighted by Crippen LogP contribution is -2.45. The molecule has 1 saturated heterocycles. The SMILES string of the molecule is NC(=O)c1ccc(Oc2ccc(CN3CCN(c4ccc(F)cc4)CC3)cc2)nc1. The highest BCUT2D eigenvalue weighted by Gasteiger charge is 2.17. The molecule has 2 N–H and O–H groups in total. The maximum Gasteiger partial charge on any atom is 0.250 e. The molecule has 0 aliphatic carbocycles. The van der Waals surface area contributed by atoms with Gasteiger partial charge in [0.25, 0.3) is 0 Å². The van der Waals surface area contributed by atoms with Crippen molar-refractivity contribution in [3.63, 3.8) is 0 Å². The number of pyridine rings is 1. The van der Waals surface area contributed by atoms with E-state index in [0.29, 0.717) is 17.2 Å². The molecule has 0 radical (unpaired) electrons. The summed E-state index contributed by atoms with van der Waals surface area (Å²) in [5.41, 5.74) is 7.83. The van der Waals surface area contributed by atoms with Crippen LogP contribution >= 0.6 is 0 Å². The zero-order chi connectivity index (χ0) is 20.9. The molecule has 0 spiro atoms. The van der Waals surface area contributed by atoms with Crippen LogP contribution in [0.15, 0.2) is 66.9 Å². The summed E-state index contributed by atoms with van der Waals surface area (Å²) in [7, 11) is 0. The van der Waals surface area contributed by atoms with Gasteiger partial charge in [-0.1, -0.05) is 12.1 Å². The lowest BCUT2D eigenvalue weighted by Gasteiger charge is -2.36. The van der Waals surface area contributed by atoms with Gasteiger partial charge in [-0.2, -0.15) is 0 Å². The number of carbonyl (C=O) groups excluding carboxylic acids is 1. The number of nitrogens with two attached hydrogens (primary N) is 1. The molecule has 154 valence electrons. The Hall–Kier alpha value is -3.45. The lowest BCUT2D eigenvalue weighted by molar-refractivity contribution is 0.1000. The number of piperazine rings is 1. The molecule has 7 heteroatoms. The first-order valence-corrected chi connectivity index (χ1v) is 9.82. The topological polar surface area (TPSA) is 71.7 Å². The Morgan fingerprint density at radius 1 is 0.967 bits per heavy atom. The Labute approximate surface area is 174 Å². The number of nitrogens with zero attached hydrogens (tertiary/aromatic N) is 3. The Kier molecular flexibility index (Phi) is 5.90. The molecular formula is C23H23FN4O2. The highest BCUT2D eigenvalue weighted by Crippen LogP contribution is 2.22. The molecule has 0 atom stereocenters. The van der Waals surface area contributed by atoms with Crippen LogP contribution in [0.2, 0.25) is 0 Å². The zero-order valence-electron chi connectivity index (χ0n) is 16.5. The minimum atomic E-state index is -0.517. The standard InChI is InChI=1S/C23H23FN4O2/c24-19-4-6-20(7-5-19)28-13-11-27(12-14-28)16-17-1-8-21(9-2-17)30-22-10-3-18(15-26-22)23(25)29/h1-10,15H,11-14,16H2,(H2,25,29). The first-order chi connectivity index (χ1) is 14.6. The fraction of sp³-hybridized carbons (Fsp3) is 0.217. The smallest absolute Gasteiger partial charge is 0.250 e. The van der Waals surface area contributed by atoms with Crippen molar-refractivity contribution in [3.8, 4) is 11.6 Å². The number of hydrogen-bond acceptors (Lipinski definition) is 5. The molecule has 3 aromatic rings. The summed E-state index contributed by atoms with van der Waals surface area (Å²) in [6, 6.07) is 17.8. The van der Waals surface area contributed by atoms with Gasteiger partial charge in [-0.15, -0.1) is 0 Å². The van der Waals surface area contributed by atoms with E-state index in [9.17, 15) is 9.18 Å². The average Bonchev–Trinajstić information content (AvgIpc) is 2.77. The summed E-state index contributed by atoms with van der Waals surface area (Å²) in [5, 5.41) is 0. The Balaban J connectivity index is 1.28. The van der Waals surface area contributed by atoms with Gasteiger partial charge in [0.05, 0.1) is 5.56 Å². The number of anilines is 1. The van der Waals surface area contributed by atoms with Gasteiger partial charge in [0, 0.05) is 50.7 Å². The van der Waals surface area contributed by atoms with Crippen molar-refractivity contribution >= 4 is 11.6 Å². The van der Waals surface area contributed by atoms with Crippen molar-refractivity contribution < 1.29 is 13.9 Å². The monoisotopic (exact) mass is 406 g/mol. The summed E-state index contributed by atoms with van der Waals surface area (Å²) in [6.07, 6.45) is 1.40. The number of hydrogen-bond donors (Lipinski definition) is 1. The molecule has 1 aliphatic heterocycles. The van der Waals surface area contributed by atoms with Gasteiger partial charge >= 0.3 is 0 Å². The fourth-order valence-electron chi connectivity index (χ4n) is 3.44. The van der Waals surface area contributed by atoms with Crippen LogP contribution in [0, 0.1) is 5.82 Å². The van der Waals surface area contributed by atoms with E-state index in [-0.39, 0.29) is 5.82 Å². The summed E-state index contributed by atoms with van der Waals surface area (Å²) in [4.78, 5) is 19.9. The highest BCUT2D eigenvalue weighted by atomic mass is 19.1. The van der Waals surface area contributed by atoms with Crippen LogP contribution in [0.4, 0.5) is 10.1 Å². The zero-order valence-corrected chi connectivity index (χ0v) is 16.5. The van der Waals surface area contributed by atoms with Crippen LogP contribution in [0.25, 0.3) is 0 Å². The minimum absolute atomic E-state index is 0.205. The van der Waals surface area contributed by atoms with E-state index in [2.05, 4.69) is 14.8 Å². The summed E-state index contributed by atoms with van der Waals surface area (Å²) >= 11 is 0. The Morgan fingerprint density at radius 3 is 2.27 bits per heavy atom. The minimum Gasteiger partial charge on any atom is -0.439 e. The van der Waals surface area contributed by atoms with Gasteiger partial charge < -0.3 is 15.4 Å².